The van der Waals surface area contributed by atoms with E-state index in [0.717, 1.165) is 21.6 Å². The van der Waals surface area contributed by atoms with Crippen molar-refractivity contribution in [3.63, 3.8) is 0 Å². The third-order valence-electron chi connectivity index (χ3n) is 5.89. The van der Waals surface area contributed by atoms with E-state index in [0.29, 0.717) is 28.5 Å². The zero-order chi connectivity index (χ0) is 29.4. The van der Waals surface area contributed by atoms with Crippen LogP contribution in [0.5, 0.6) is 17.2 Å². The van der Waals surface area contributed by atoms with Gasteiger partial charge in [-0.3, -0.25) is 10.1 Å². The second kappa shape index (κ2) is 13.2. The van der Waals surface area contributed by atoms with E-state index in [1.54, 1.807) is 54.9 Å². The molecule has 0 aliphatic rings. The van der Waals surface area contributed by atoms with Gasteiger partial charge in [0.1, 0.15) is 18.0 Å². The van der Waals surface area contributed by atoms with Crippen LogP contribution in [0.4, 0.5) is 10.5 Å². The van der Waals surface area contributed by atoms with Gasteiger partial charge < -0.3 is 18.9 Å². The largest absolute Gasteiger partial charge is 0.496 e. The van der Waals surface area contributed by atoms with Crippen molar-refractivity contribution in [3.8, 4) is 27.7 Å². The van der Waals surface area contributed by atoms with Crippen LogP contribution in [0.1, 0.15) is 42.3 Å². The maximum atomic E-state index is 13.0. The number of rotatable bonds is 10. The molecule has 1 heterocycles. The Morgan fingerprint density at radius 1 is 0.878 bits per heavy atom. The molecule has 4 aromatic rings. The summed E-state index contributed by atoms with van der Waals surface area (Å²) < 4.78 is 22.2. The zero-order valence-electron chi connectivity index (χ0n) is 23.7. The van der Waals surface area contributed by atoms with Crippen molar-refractivity contribution in [2.75, 3.05) is 19.5 Å². The smallest absolute Gasteiger partial charge is 0.412 e. The molecule has 0 atom stereocenters. The number of ether oxygens (including phenoxy) is 4. The van der Waals surface area contributed by atoms with Crippen molar-refractivity contribution in [1.29, 1.82) is 0 Å². The summed E-state index contributed by atoms with van der Waals surface area (Å²) in [7, 11) is 3.14. The molecule has 0 radical (unpaired) electrons. The SMILES string of the molecule is COc1ccc(-c2cccs2)cc1/C=C/C(=O)c1ccc(OCc2ccc(NC(=O)OC(C)(C)C)cc2)c(OC)c1. The molecule has 3 aromatic carbocycles. The fourth-order valence-corrected chi connectivity index (χ4v) is 4.65. The van der Waals surface area contributed by atoms with Crippen molar-refractivity contribution in [1.82, 2.24) is 0 Å². The third kappa shape index (κ3) is 8.22. The Labute approximate surface area is 244 Å². The van der Waals surface area contributed by atoms with Gasteiger partial charge in [-0.05, 0) is 104 Å². The molecule has 1 amide bonds. The summed E-state index contributed by atoms with van der Waals surface area (Å²) in [5.41, 5.74) is 3.28. The lowest BCUT2D eigenvalue weighted by Crippen LogP contribution is -2.27. The van der Waals surface area contributed by atoms with E-state index in [1.807, 2.05) is 62.5 Å². The molecule has 212 valence electrons. The predicted molar refractivity (Wildman–Crippen MR) is 163 cm³/mol. The second-order valence-corrected chi connectivity index (χ2v) is 11.1. The summed E-state index contributed by atoms with van der Waals surface area (Å²) in [5.74, 6) is 1.47. The average molecular weight is 572 g/mol. The third-order valence-corrected chi connectivity index (χ3v) is 6.81. The van der Waals surface area contributed by atoms with Gasteiger partial charge in [-0.2, -0.15) is 0 Å². The number of carbonyl (C=O) groups is 2. The lowest BCUT2D eigenvalue weighted by molar-refractivity contribution is 0.0635. The highest BCUT2D eigenvalue weighted by Crippen LogP contribution is 2.32. The van der Waals surface area contributed by atoms with Crippen LogP contribution in [0.2, 0.25) is 0 Å². The molecule has 0 aliphatic heterocycles. The monoisotopic (exact) mass is 571 g/mol. The number of hydrogen-bond donors (Lipinski definition) is 1. The minimum atomic E-state index is -0.572. The minimum Gasteiger partial charge on any atom is -0.496 e. The summed E-state index contributed by atoms with van der Waals surface area (Å²) >= 11 is 1.65. The van der Waals surface area contributed by atoms with Crippen LogP contribution >= 0.6 is 11.3 Å². The molecule has 4 rings (SSSR count). The molecule has 0 saturated carbocycles. The molecule has 0 aliphatic carbocycles. The van der Waals surface area contributed by atoms with Crippen LogP contribution in [0.3, 0.4) is 0 Å². The Hall–Kier alpha value is -4.56. The Morgan fingerprint density at radius 3 is 2.27 bits per heavy atom. The first-order valence-corrected chi connectivity index (χ1v) is 13.9. The first kappa shape index (κ1) is 29.4. The van der Waals surface area contributed by atoms with E-state index in [9.17, 15) is 9.59 Å². The minimum absolute atomic E-state index is 0.175. The summed E-state index contributed by atoms with van der Waals surface area (Å²) in [6.45, 7) is 5.70. The Morgan fingerprint density at radius 2 is 1.61 bits per heavy atom. The molecule has 1 aromatic heterocycles. The fourth-order valence-electron chi connectivity index (χ4n) is 3.93. The number of ketones is 1. The lowest BCUT2D eigenvalue weighted by atomic mass is 10.1. The second-order valence-electron chi connectivity index (χ2n) is 10.1. The normalized spacial score (nSPS) is 11.2. The molecule has 0 spiro atoms. The first-order valence-electron chi connectivity index (χ1n) is 13.0. The van der Waals surface area contributed by atoms with Crippen molar-refractivity contribution < 1.29 is 28.5 Å². The highest BCUT2D eigenvalue weighted by Gasteiger charge is 2.16. The van der Waals surface area contributed by atoms with Gasteiger partial charge in [-0.1, -0.05) is 18.2 Å². The highest BCUT2D eigenvalue weighted by molar-refractivity contribution is 7.13. The van der Waals surface area contributed by atoms with Gasteiger partial charge in [0.25, 0.3) is 0 Å². The summed E-state index contributed by atoms with van der Waals surface area (Å²) in [5, 5.41) is 4.73. The van der Waals surface area contributed by atoms with Crippen molar-refractivity contribution in [2.24, 2.45) is 0 Å². The van der Waals surface area contributed by atoms with Crippen molar-refractivity contribution in [3.05, 3.63) is 101 Å². The van der Waals surface area contributed by atoms with Crippen LogP contribution in [-0.4, -0.2) is 31.7 Å². The number of methoxy groups -OCH3 is 2. The molecule has 41 heavy (non-hydrogen) atoms. The maximum absolute atomic E-state index is 13.0. The zero-order valence-corrected chi connectivity index (χ0v) is 24.5. The average Bonchev–Trinajstić information content (AvgIpc) is 3.49. The molecular weight excluding hydrogens is 538 g/mol. The first-order chi connectivity index (χ1) is 19.6. The van der Waals surface area contributed by atoms with Crippen LogP contribution in [-0.2, 0) is 11.3 Å². The van der Waals surface area contributed by atoms with Gasteiger partial charge in [0.15, 0.2) is 17.3 Å². The summed E-state index contributed by atoms with van der Waals surface area (Å²) in [6.07, 6.45) is 2.77. The standard InChI is InChI=1S/C33H33NO6S/c1-33(2,3)40-32(36)34-26-13-8-22(9-14-26)21-39-29-17-11-23(20-30(29)38-5)27(35)15-10-24-19-25(12-16-28(24)37-4)31-7-6-18-41-31/h6-20H,21H2,1-5H3,(H,34,36)/b15-10+. The Kier molecular flexibility index (Phi) is 9.47. The molecule has 8 heteroatoms. The topological polar surface area (TPSA) is 83.1 Å². The van der Waals surface area contributed by atoms with Gasteiger partial charge in [-0.25, -0.2) is 4.79 Å². The van der Waals surface area contributed by atoms with E-state index < -0.39 is 11.7 Å². The maximum Gasteiger partial charge on any atom is 0.412 e. The number of allylic oxidation sites excluding steroid dienone is 1. The number of amides is 1. The molecule has 0 saturated heterocycles. The molecule has 0 bridgehead atoms. The van der Waals surface area contributed by atoms with Gasteiger partial charge in [0.05, 0.1) is 14.2 Å². The molecular formula is C33H33NO6S. The Bertz CT molecular complexity index is 1520. The number of nitrogens with one attached hydrogen (secondary N) is 1. The van der Waals surface area contributed by atoms with E-state index >= 15 is 0 Å². The van der Waals surface area contributed by atoms with Crippen LogP contribution in [0, 0.1) is 0 Å². The van der Waals surface area contributed by atoms with E-state index in [-0.39, 0.29) is 12.4 Å². The van der Waals surface area contributed by atoms with Gasteiger partial charge in [-0.15, -0.1) is 11.3 Å². The number of benzene rings is 3. The highest BCUT2D eigenvalue weighted by atomic mass is 32.1. The van der Waals surface area contributed by atoms with Crippen molar-refractivity contribution >= 4 is 35.0 Å². The van der Waals surface area contributed by atoms with Gasteiger partial charge in [0, 0.05) is 21.7 Å². The number of thiophene rings is 1. The fraction of sp³-hybridized carbons (Fsp3) is 0.212. The quantitative estimate of drug-likeness (QED) is 0.152. The molecule has 0 unspecified atom stereocenters. The van der Waals surface area contributed by atoms with Gasteiger partial charge in [0.2, 0.25) is 0 Å². The Balaban J connectivity index is 1.40. The van der Waals surface area contributed by atoms with E-state index in [2.05, 4.69) is 11.4 Å². The predicted octanol–water partition coefficient (Wildman–Crippen LogP) is 8.25. The van der Waals surface area contributed by atoms with Crippen LogP contribution < -0.4 is 19.5 Å². The molecule has 0 fully saturated rings. The number of carbonyl (C=O) groups excluding carboxylic acids is 2. The molecule has 1 N–H and O–H groups in total. The van der Waals surface area contributed by atoms with E-state index in [4.69, 9.17) is 18.9 Å². The van der Waals surface area contributed by atoms with Gasteiger partial charge >= 0.3 is 6.09 Å². The summed E-state index contributed by atoms with van der Waals surface area (Å²) in [4.78, 5) is 26.1. The van der Waals surface area contributed by atoms with Crippen LogP contribution in [0.15, 0.2) is 84.3 Å². The lowest BCUT2D eigenvalue weighted by Gasteiger charge is -2.19. The number of anilines is 1. The van der Waals surface area contributed by atoms with E-state index in [1.165, 1.54) is 13.2 Å². The van der Waals surface area contributed by atoms with Crippen LogP contribution in [0.25, 0.3) is 16.5 Å². The number of hydrogen-bond acceptors (Lipinski definition) is 7. The molecule has 7 nitrogen and oxygen atoms in total. The summed E-state index contributed by atoms with van der Waals surface area (Å²) in [6, 6.07) is 22.3. The van der Waals surface area contributed by atoms with Crippen molar-refractivity contribution in [2.45, 2.75) is 33.0 Å².